The van der Waals surface area contributed by atoms with E-state index in [2.05, 4.69) is 106 Å². The molecule has 0 fully saturated rings. The first-order chi connectivity index (χ1) is 11.5. The van der Waals surface area contributed by atoms with Crippen LogP contribution in [-0.2, 0) is 6.42 Å². The van der Waals surface area contributed by atoms with Crippen LogP contribution in [0.3, 0.4) is 0 Å². The lowest BCUT2D eigenvalue weighted by molar-refractivity contribution is 0.412. The molecule has 0 amide bonds. The van der Waals surface area contributed by atoms with E-state index in [1.807, 2.05) is 0 Å². The van der Waals surface area contributed by atoms with Crippen LogP contribution in [0, 0.1) is 5.41 Å². The maximum absolute atomic E-state index is 2.33. The monoisotopic (exact) mass is 332 g/mol. The molecule has 122 valence electrons. The lowest BCUT2D eigenvalue weighted by Crippen LogP contribution is -2.25. The highest BCUT2D eigenvalue weighted by Crippen LogP contribution is 2.35. The van der Waals surface area contributed by atoms with E-state index >= 15 is 0 Å². The second kappa shape index (κ2) is 7.32. The molecule has 3 aromatic carbocycles. The second-order valence-corrected chi connectivity index (χ2v) is 9.56. The quantitative estimate of drug-likeness (QED) is 0.588. The number of hydrogen-bond donors (Lipinski definition) is 0. The van der Waals surface area contributed by atoms with Crippen molar-refractivity contribution in [1.29, 1.82) is 0 Å². The second-order valence-electron chi connectivity index (χ2n) is 7.37. The summed E-state index contributed by atoms with van der Waals surface area (Å²) in [6, 6.07) is 30.9. The first-order valence-corrected chi connectivity index (χ1v) is 9.87. The largest absolute Gasteiger partial charge is 0.0622 e. The minimum atomic E-state index is -0.520. The van der Waals surface area contributed by atoms with Gasteiger partial charge in [0.1, 0.15) is 0 Å². The van der Waals surface area contributed by atoms with Crippen molar-refractivity contribution >= 4 is 23.8 Å². The van der Waals surface area contributed by atoms with Gasteiger partial charge in [-0.2, -0.15) is 0 Å². The highest BCUT2D eigenvalue weighted by molar-refractivity contribution is 7.79. The minimum absolute atomic E-state index is 0.282. The van der Waals surface area contributed by atoms with E-state index in [0.717, 1.165) is 6.42 Å². The molecule has 0 bridgehead atoms. The maximum atomic E-state index is 2.33. The Hall–Kier alpha value is -1.91. The molecule has 0 atom stereocenters. The Morgan fingerprint density at radius 2 is 1.08 bits per heavy atom. The summed E-state index contributed by atoms with van der Waals surface area (Å²) in [5.74, 6) is 0. The summed E-state index contributed by atoms with van der Waals surface area (Å²) in [6.45, 7) is 6.95. The third-order valence-electron chi connectivity index (χ3n) is 3.98. The fourth-order valence-corrected chi connectivity index (χ4v) is 5.50. The van der Waals surface area contributed by atoms with Crippen LogP contribution in [0.5, 0.6) is 0 Å². The van der Waals surface area contributed by atoms with Crippen LogP contribution in [0.25, 0.3) is 0 Å². The first-order valence-electron chi connectivity index (χ1n) is 8.53. The summed E-state index contributed by atoms with van der Waals surface area (Å²) in [5, 5.41) is 4.32. The van der Waals surface area contributed by atoms with Gasteiger partial charge >= 0.3 is 0 Å². The number of hydrogen-bond acceptors (Lipinski definition) is 0. The Labute approximate surface area is 147 Å². The van der Waals surface area contributed by atoms with Crippen LogP contribution < -0.4 is 15.9 Å². The highest BCUT2D eigenvalue weighted by atomic mass is 31.1. The van der Waals surface area contributed by atoms with Gasteiger partial charge in [-0.25, -0.2) is 0 Å². The lowest BCUT2D eigenvalue weighted by Gasteiger charge is -2.25. The molecule has 0 nitrogen and oxygen atoms in total. The van der Waals surface area contributed by atoms with E-state index in [4.69, 9.17) is 0 Å². The van der Waals surface area contributed by atoms with E-state index in [1.54, 1.807) is 0 Å². The first kappa shape index (κ1) is 16.9. The third kappa shape index (κ3) is 4.13. The molecule has 0 N–H and O–H groups in total. The molecular formula is C23H25P. The van der Waals surface area contributed by atoms with Gasteiger partial charge in [-0.1, -0.05) is 106 Å². The zero-order valence-electron chi connectivity index (χ0n) is 14.7. The molecule has 0 heterocycles. The molecular weight excluding hydrogens is 307 g/mol. The molecule has 0 unspecified atom stereocenters. The van der Waals surface area contributed by atoms with Crippen molar-refractivity contribution in [2.75, 3.05) is 0 Å². The van der Waals surface area contributed by atoms with Crippen LogP contribution in [0.1, 0.15) is 26.3 Å². The molecule has 0 saturated heterocycles. The van der Waals surface area contributed by atoms with Gasteiger partial charge in [-0.15, -0.1) is 0 Å². The topological polar surface area (TPSA) is 0 Å². The van der Waals surface area contributed by atoms with E-state index < -0.39 is 7.92 Å². The van der Waals surface area contributed by atoms with Crippen molar-refractivity contribution in [3.05, 3.63) is 90.5 Å². The number of rotatable bonds is 4. The van der Waals surface area contributed by atoms with Gasteiger partial charge in [0.25, 0.3) is 0 Å². The van der Waals surface area contributed by atoms with Crippen molar-refractivity contribution < 1.29 is 0 Å². The summed E-state index contributed by atoms with van der Waals surface area (Å²) in [7, 11) is -0.520. The van der Waals surface area contributed by atoms with E-state index in [9.17, 15) is 0 Å². The number of benzene rings is 3. The zero-order valence-corrected chi connectivity index (χ0v) is 15.6. The molecule has 0 spiro atoms. The smallest absolute Gasteiger partial charge is 0.0119 e. The average Bonchev–Trinajstić information content (AvgIpc) is 2.57. The average molecular weight is 332 g/mol. The Kier molecular flexibility index (Phi) is 5.17. The molecule has 0 radical (unpaired) electrons. The molecule has 0 aromatic heterocycles. The fraction of sp³-hybridized carbons (Fsp3) is 0.217. The van der Waals surface area contributed by atoms with Crippen LogP contribution in [0.15, 0.2) is 84.9 Å². The summed E-state index contributed by atoms with van der Waals surface area (Å²) in [4.78, 5) is 0. The van der Waals surface area contributed by atoms with Gasteiger partial charge in [-0.05, 0) is 41.2 Å². The Bertz CT molecular complexity index is 730. The van der Waals surface area contributed by atoms with Gasteiger partial charge < -0.3 is 0 Å². The van der Waals surface area contributed by atoms with Gasteiger partial charge in [0.2, 0.25) is 0 Å². The SMILES string of the molecule is CC(C)(C)Cc1ccccc1P(c1ccccc1)c1ccccc1. The van der Waals surface area contributed by atoms with E-state index in [0.29, 0.717) is 0 Å². The van der Waals surface area contributed by atoms with Crippen molar-refractivity contribution in [3.63, 3.8) is 0 Å². The summed E-state index contributed by atoms with van der Waals surface area (Å²) in [6.07, 6.45) is 1.10. The molecule has 0 aliphatic carbocycles. The van der Waals surface area contributed by atoms with Crippen LogP contribution >= 0.6 is 7.92 Å². The van der Waals surface area contributed by atoms with Gasteiger partial charge in [-0.3, -0.25) is 0 Å². The van der Waals surface area contributed by atoms with Gasteiger partial charge in [0.05, 0.1) is 0 Å². The van der Waals surface area contributed by atoms with Crippen LogP contribution in [0.2, 0.25) is 0 Å². The van der Waals surface area contributed by atoms with Gasteiger partial charge in [0.15, 0.2) is 0 Å². The predicted octanol–water partition coefficient (Wildman–Crippen LogP) is 5.03. The molecule has 24 heavy (non-hydrogen) atoms. The summed E-state index contributed by atoms with van der Waals surface area (Å²) >= 11 is 0. The third-order valence-corrected chi connectivity index (χ3v) is 6.53. The highest BCUT2D eigenvalue weighted by Gasteiger charge is 2.21. The van der Waals surface area contributed by atoms with E-state index in [1.165, 1.54) is 21.5 Å². The molecule has 3 aromatic rings. The standard InChI is InChI=1S/C23H25P/c1-23(2,3)18-19-12-10-11-17-22(19)24(20-13-6-4-7-14-20)21-15-8-5-9-16-21/h4-17H,18H2,1-3H3. The van der Waals surface area contributed by atoms with Crippen molar-refractivity contribution in [3.8, 4) is 0 Å². The molecule has 1 heteroatoms. The predicted molar refractivity (Wildman–Crippen MR) is 108 cm³/mol. The Morgan fingerprint density at radius 3 is 1.58 bits per heavy atom. The zero-order chi connectivity index (χ0) is 17.0. The molecule has 0 aliphatic rings. The van der Waals surface area contributed by atoms with Crippen molar-refractivity contribution in [2.24, 2.45) is 5.41 Å². The molecule has 0 saturated carbocycles. The fourth-order valence-electron chi connectivity index (χ4n) is 3.03. The Balaban J connectivity index is 2.14. The van der Waals surface area contributed by atoms with E-state index in [-0.39, 0.29) is 5.41 Å². The summed E-state index contributed by atoms with van der Waals surface area (Å²) in [5.41, 5.74) is 1.76. The van der Waals surface area contributed by atoms with Crippen LogP contribution in [0.4, 0.5) is 0 Å². The molecule has 3 rings (SSSR count). The lowest BCUT2D eigenvalue weighted by atomic mass is 9.88. The van der Waals surface area contributed by atoms with Crippen molar-refractivity contribution in [1.82, 2.24) is 0 Å². The van der Waals surface area contributed by atoms with Crippen molar-refractivity contribution in [2.45, 2.75) is 27.2 Å². The van der Waals surface area contributed by atoms with Crippen LogP contribution in [-0.4, -0.2) is 0 Å². The minimum Gasteiger partial charge on any atom is -0.0622 e. The van der Waals surface area contributed by atoms with Gasteiger partial charge in [0, 0.05) is 0 Å². The Morgan fingerprint density at radius 1 is 0.625 bits per heavy atom. The summed E-state index contributed by atoms with van der Waals surface area (Å²) < 4.78 is 0. The normalized spacial score (nSPS) is 11.7. The maximum Gasteiger partial charge on any atom is -0.0119 e. The molecule has 0 aliphatic heterocycles.